The van der Waals surface area contributed by atoms with Gasteiger partial charge in [-0.15, -0.1) is 0 Å². The number of nitrogens with zero attached hydrogens (tertiary/aromatic N) is 2. The molecule has 0 aliphatic carbocycles. The topological polar surface area (TPSA) is 139 Å². The molecule has 0 bridgehead atoms. The highest BCUT2D eigenvalue weighted by atomic mass is 19.1. The van der Waals surface area contributed by atoms with Crippen LogP contribution in [0.4, 0.5) is 4.39 Å². The number of aromatic nitrogens is 2. The van der Waals surface area contributed by atoms with Crippen LogP contribution in [0.2, 0.25) is 0 Å². The highest BCUT2D eigenvalue weighted by Gasteiger charge is 2.34. The summed E-state index contributed by atoms with van der Waals surface area (Å²) >= 11 is 0. The van der Waals surface area contributed by atoms with Crippen molar-refractivity contribution in [3.63, 3.8) is 0 Å². The van der Waals surface area contributed by atoms with Gasteiger partial charge in [0.25, 0.3) is 5.91 Å². The maximum absolute atomic E-state index is 13.3. The predicted octanol–water partition coefficient (Wildman–Crippen LogP) is 1.33. The van der Waals surface area contributed by atoms with Crippen LogP contribution in [0.5, 0.6) is 0 Å². The molecule has 2 aromatic carbocycles. The molecule has 0 unspecified atom stereocenters. The zero-order chi connectivity index (χ0) is 25.0. The van der Waals surface area contributed by atoms with Crippen LogP contribution in [0.25, 0.3) is 10.9 Å². The summed E-state index contributed by atoms with van der Waals surface area (Å²) in [4.78, 5) is 37.1. The zero-order valence-corrected chi connectivity index (χ0v) is 19.2. The van der Waals surface area contributed by atoms with E-state index in [-0.39, 0.29) is 18.1 Å². The van der Waals surface area contributed by atoms with Gasteiger partial charge in [0.2, 0.25) is 11.8 Å². The summed E-state index contributed by atoms with van der Waals surface area (Å²) in [6.07, 6.45) is -1.54. The van der Waals surface area contributed by atoms with Crippen molar-refractivity contribution in [2.45, 2.75) is 39.5 Å². The number of fused-ring (bicyclic) bond motifs is 1. The third kappa shape index (κ3) is 5.76. The summed E-state index contributed by atoms with van der Waals surface area (Å²) in [5.74, 6) is -2.44. The second-order valence-electron chi connectivity index (χ2n) is 9.09. The molecule has 0 saturated heterocycles. The molecule has 3 amide bonds. The van der Waals surface area contributed by atoms with Crippen molar-refractivity contribution in [3.8, 4) is 0 Å². The molecule has 0 aliphatic rings. The highest BCUT2D eigenvalue weighted by Crippen LogP contribution is 2.23. The van der Waals surface area contributed by atoms with Crippen LogP contribution in [-0.4, -0.2) is 51.3 Å². The SMILES string of the molecule is CC(C)(C)[C@H](NC(=O)c1nn(Cc2ccc(F)cc2)c2ccccc12)C(=O)NC[C@@H](O)C(N)=O. The molecule has 0 aliphatic heterocycles. The lowest BCUT2D eigenvalue weighted by molar-refractivity contribution is -0.128. The van der Waals surface area contributed by atoms with Gasteiger partial charge in [-0.2, -0.15) is 5.10 Å². The molecule has 10 heteroatoms. The van der Waals surface area contributed by atoms with E-state index in [1.807, 2.05) is 12.1 Å². The monoisotopic (exact) mass is 469 g/mol. The Morgan fingerprint density at radius 2 is 1.76 bits per heavy atom. The second-order valence-corrected chi connectivity index (χ2v) is 9.09. The van der Waals surface area contributed by atoms with Crippen molar-refractivity contribution < 1.29 is 23.9 Å². The Labute approximate surface area is 196 Å². The van der Waals surface area contributed by atoms with E-state index in [4.69, 9.17) is 5.73 Å². The van der Waals surface area contributed by atoms with E-state index in [0.29, 0.717) is 17.4 Å². The number of amides is 3. The van der Waals surface area contributed by atoms with Gasteiger partial charge in [0, 0.05) is 5.39 Å². The number of halogens is 1. The fourth-order valence-electron chi connectivity index (χ4n) is 3.45. The van der Waals surface area contributed by atoms with Gasteiger partial charge >= 0.3 is 0 Å². The molecule has 2 atom stereocenters. The number of aliphatic hydroxyl groups excluding tert-OH is 1. The maximum Gasteiger partial charge on any atom is 0.273 e. The normalized spacial score (nSPS) is 13.3. The van der Waals surface area contributed by atoms with Crippen molar-refractivity contribution in [1.29, 1.82) is 0 Å². The molecule has 0 radical (unpaired) electrons. The predicted molar refractivity (Wildman–Crippen MR) is 124 cm³/mol. The third-order valence-corrected chi connectivity index (χ3v) is 5.32. The molecule has 0 fully saturated rings. The van der Waals surface area contributed by atoms with Crippen LogP contribution >= 0.6 is 0 Å². The van der Waals surface area contributed by atoms with Crippen molar-refractivity contribution in [3.05, 3.63) is 65.6 Å². The number of rotatable bonds is 8. The van der Waals surface area contributed by atoms with Gasteiger partial charge in [-0.25, -0.2) is 4.39 Å². The molecule has 0 spiro atoms. The molecule has 0 saturated carbocycles. The Morgan fingerprint density at radius 1 is 1.12 bits per heavy atom. The van der Waals surface area contributed by atoms with Crippen LogP contribution in [0, 0.1) is 11.2 Å². The van der Waals surface area contributed by atoms with Crippen LogP contribution < -0.4 is 16.4 Å². The van der Waals surface area contributed by atoms with Gasteiger partial charge in [-0.3, -0.25) is 19.1 Å². The average Bonchev–Trinajstić information content (AvgIpc) is 3.14. The molecule has 3 rings (SSSR count). The number of benzene rings is 2. The number of carbonyl (C=O) groups is 3. The van der Waals surface area contributed by atoms with Gasteiger partial charge in [-0.05, 0) is 29.2 Å². The molecule has 1 aromatic heterocycles. The minimum Gasteiger partial charge on any atom is -0.381 e. The molecule has 3 aromatic rings. The largest absolute Gasteiger partial charge is 0.381 e. The summed E-state index contributed by atoms with van der Waals surface area (Å²) in [5, 5.41) is 19.8. The van der Waals surface area contributed by atoms with Gasteiger partial charge in [0.05, 0.1) is 18.6 Å². The summed E-state index contributed by atoms with van der Waals surface area (Å²) in [5.41, 5.74) is 5.98. The van der Waals surface area contributed by atoms with E-state index in [0.717, 1.165) is 5.56 Å². The summed E-state index contributed by atoms with van der Waals surface area (Å²) in [6, 6.07) is 12.2. The van der Waals surface area contributed by atoms with Gasteiger partial charge in [0.15, 0.2) is 5.69 Å². The van der Waals surface area contributed by atoms with Crippen LogP contribution in [0.1, 0.15) is 36.8 Å². The lowest BCUT2D eigenvalue weighted by Gasteiger charge is -2.30. The van der Waals surface area contributed by atoms with Crippen molar-refractivity contribution in [2.75, 3.05) is 6.54 Å². The summed E-state index contributed by atoms with van der Waals surface area (Å²) in [6.45, 7) is 5.27. The van der Waals surface area contributed by atoms with Gasteiger partial charge in [0.1, 0.15) is 18.0 Å². The highest BCUT2D eigenvalue weighted by molar-refractivity contribution is 6.06. The lowest BCUT2D eigenvalue weighted by atomic mass is 9.86. The first-order chi connectivity index (χ1) is 16.0. The Bertz CT molecular complexity index is 1200. The molecule has 9 nitrogen and oxygen atoms in total. The lowest BCUT2D eigenvalue weighted by Crippen LogP contribution is -2.55. The number of para-hydroxylation sites is 1. The van der Waals surface area contributed by atoms with E-state index < -0.39 is 35.3 Å². The Hall–Kier alpha value is -3.79. The van der Waals surface area contributed by atoms with Crippen LogP contribution in [0.3, 0.4) is 0 Å². The Balaban J connectivity index is 1.86. The fourth-order valence-corrected chi connectivity index (χ4v) is 3.45. The first-order valence-corrected chi connectivity index (χ1v) is 10.7. The number of aliphatic hydroxyl groups is 1. The number of nitrogens with one attached hydrogen (secondary N) is 2. The van der Waals surface area contributed by atoms with Crippen molar-refractivity contribution in [2.24, 2.45) is 11.1 Å². The van der Waals surface area contributed by atoms with Crippen LogP contribution in [0.15, 0.2) is 48.5 Å². The molecular formula is C24H28FN5O4. The van der Waals surface area contributed by atoms with Gasteiger partial charge in [-0.1, -0.05) is 51.1 Å². The minimum absolute atomic E-state index is 0.136. The fraction of sp³-hybridized carbons (Fsp3) is 0.333. The number of hydrogen-bond donors (Lipinski definition) is 4. The number of carbonyl (C=O) groups excluding carboxylic acids is 3. The van der Waals surface area contributed by atoms with Crippen LogP contribution in [-0.2, 0) is 16.1 Å². The van der Waals surface area contributed by atoms with Gasteiger partial charge < -0.3 is 21.5 Å². The summed E-state index contributed by atoms with van der Waals surface area (Å²) in [7, 11) is 0. The molecular weight excluding hydrogens is 441 g/mol. The maximum atomic E-state index is 13.3. The third-order valence-electron chi connectivity index (χ3n) is 5.32. The second kappa shape index (κ2) is 10.0. The number of hydrogen-bond acceptors (Lipinski definition) is 5. The summed E-state index contributed by atoms with van der Waals surface area (Å²) < 4.78 is 14.9. The van der Waals surface area contributed by atoms with Crippen molar-refractivity contribution in [1.82, 2.24) is 20.4 Å². The molecule has 1 heterocycles. The van der Waals surface area contributed by atoms with E-state index >= 15 is 0 Å². The Morgan fingerprint density at radius 3 is 2.38 bits per heavy atom. The zero-order valence-electron chi connectivity index (χ0n) is 19.2. The minimum atomic E-state index is -1.54. The molecule has 180 valence electrons. The molecule has 34 heavy (non-hydrogen) atoms. The van der Waals surface area contributed by atoms with E-state index in [9.17, 15) is 23.9 Å². The van der Waals surface area contributed by atoms with E-state index in [1.54, 1.807) is 49.7 Å². The molecule has 5 N–H and O–H groups in total. The Kier molecular flexibility index (Phi) is 7.31. The first kappa shape index (κ1) is 24.8. The first-order valence-electron chi connectivity index (χ1n) is 10.7. The standard InChI is InChI=1S/C24H28FN5O4/c1-24(2,3)20(23(34)27-12-18(31)21(26)32)28-22(33)19-16-6-4-5-7-17(16)30(29-19)13-14-8-10-15(25)11-9-14/h4-11,18,20,31H,12-13H2,1-3H3,(H2,26,32)(H,27,34)(H,28,33)/t18-,20-/m1/s1. The van der Waals surface area contributed by atoms with E-state index in [1.165, 1.54) is 12.1 Å². The van der Waals surface area contributed by atoms with Crippen molar-refractivity contribution >= 4 is 28.6 Å². The number of primary amides is 1. The van der Waals surface area contributed by atoms with E-state index in [2.05, 4.69) is 15.7 Å². The average molecular weight is 470 g/mol. The number of nitrogens with two attached hydrogens (primary N) is 1. The quantitative estimate of drug-likeness (QED) is 0.394. The smallest absolute Gasteiger partial charge is 0.273 e.